The number of imidazole rings is 2. The third kappa shape index (κ3) is 13.4. The normalized spacial score (nSPS) is 9.31. The SMILES string of the molecule is C#CCCc1cnc(N)[nH]1.Cl.Cl.Nc1ncc(CCc2cn(Cc3ccccc3)nn2)[nH]1.[N-]=[N+]=NCc1ccccc1. The van der Waals surface area contributed by atoms with Crippen molar-refractivity contribution in [2.75, 3.05) is 11.5 Å². The zero-order valence-corrected chi connectivity index (χ0v) is 24.5. The molecule has 0 fully saturated rings. The zero-order chi connectivity index (χ0) is 28.4. The summed E-state index contributed by atoms with van der Waals surface area (Å²) in [6.45, 7) is 1.18. The van der Waals surface area contributed by atoms with Gasteiger partial charge < -0.3 is 21.4 Å². The molecule has 0 aliphatic heterocycles. The Kier molecular flexibility index (Phi) is 16.7. The molecular weight excluding hydrogens is 575 g/mol. The van der Waals surface area contributed by atoms with Gasteiger partial charge in [0.05, 0.1) is 31.2 Å². The smallest absolute Gasteiger partial charge is 0.197 e. The van der Waals surface area contributed by atoms with E-state index in [-0.39, 0.29) is 24.8 Å². The number of H-pyrrole nitrogens is 2. The number of aromatic nitrogens is 7. The molecule has 5 aromatic rings. The number of nitrogen functional groups attached to an aromatic ring is 2. The zero-order valence-electron chi connectivity index (χ0n) is 22.9. The van der Waals surface area contributed by atoms with Gasteiger partial charge >= 0.3 is 0 Å². The number of aromatic amines is 2. The number of hydrogen-bond acceptors (Lipinski definition) is 7. The highest BCUT2D eigenvalue weighted by atomic mass is 35.5. The van der Waals surface area contributed by atoms with Crippen LogP contribution in [0.4, 0.5) is 11.9 Å². The van der Waals surface area contributed by atoms with Crippen LogP contribution in [0.25, 0.3) is 10.4 Å². The number of halogens is 2. The van der Waals surface area contributed by atoms with Crippen molar-refractivity contribution in [3.8, 4) is 12.3 Å². The second-order valence-electron chi connectivity index (χ2n) is 8.56. The van der Waals surface area contributed by atoms with Crippen LogP contribution in [0.15, 0.2) is 84.4 Å². The molecule has 0 saturated heterocycles. The van der Waals surface area contributed by atoms with Crippen molar-refractivity contribution in [1.82, 2.24) is 34.9 Å². The van der Waals surface area contributed by atoms with Crippen molar-refractivity contribution in [3.05, 3.63) is 118 Å². The fraction of sp³-hybridized carbons (Fsp3) is 0.214. The highest BCUT2D eigenvalue weighted by Gasteiger charge is 2.04. The lowest BCUT2D eigenvalue weighted by Crippen LogP contribution is -1.99. The lowest BCUT2D eigenvalue weighted by molar-refractivity contribution is 0.649. The van der Waals surface area contributed by atoms with Gasteiger partial charge in [-0.3, -0.25) is 0 Å². The Morgan fingerprint density at radius 1 is 0.857 bits per heavy atom. The molecule has 0 aliphatic carbocycles. The van der Waals surface area contributed by atoms with Crippen LogP contribution in [0.5, 0.6) is 0 Å². The number of aryl methyl sites for hydroxylation is 3. The lowest BCUT2D eigenvalue weighted by atomic mass is 10.2. The van der Waals surface area contributed by atoms with Crippen molar-refractivity contribution in [1.29, 1.82) is 0 Å². The van der Waals surface area contributed by atoms with Crippen LogP contribution in [0, 0.1) is 12.3 Å². The molecule has 0 unspecified atom stereocenters. The van der Waals surface area contributed by atoms with E-state index in [1.807, 2.05) is 59.4 Å². The number of nitrogens with zero attached hydrogens (tertiary/aromatic N) is 8. The van der Waals surface area contributed by atoms with E-state index >= 15 is 0 Å². The van der Waals surface area contributed by atoms with Gasteiger partial charge in [0.1, 0.15) is 0 Å². The molecule has 0 radical (unpaired) electrons. The molecule has 0 aliphatic rings. The average Bonchev–Trinajstić information content (AvgIpc) is 3.73. The number of anilines is 2. The molecule has 0 atom stereocenters. The Balaban J connectivity index is 0.000000341. The Morgan fingerprint density at radius 2 is 1.43 bits per heavy atom. The van der Waals surface area contributed by atoms with E-state index in [1.54, 1.807) is 12.4 Å². The van der Waals surface area contributed by atoms with Gasteiger partial charge in [0, 0.05) is 35.3 Å². The Bertz CT molecular complexity index is 1500. The summed E-state index contributed by atoms with van der Waals surface area (Å²) in [6.07, 6.45) is 13.7. The van der Waals surface area contributed by atoms with E-state index in [4.69, 9.17) is 23.4 Å². The third-order valence-electron chi connectivity index (χ3n) is 5.42. The molecule has 42 heavy (non-hydrogen) atoms. The summed E-state index contributed by atoms with van der Waals surface area (Å²) in [7, 11) is 0. The van der Waals surface area contributed by atoms with Gasteiger partial charge in [-0.1, -0.05) is 71.0 Å². The standard InChI is InChI=1S/C14H16N6.C7H9N3.C7H7N3.2ClH/c15-14-16-8-12(17-14)6-7-13-10-20(19-18-13)9-11-4-2-1-3-5-11;1-2-3-4-6-5-9-7(8)10-6;8-10-9-6-7-4-2-1-3-5-7;;/h1-5,8,10H,6-7,9H2,(H3,15,16,17);1,5H,3-4H2,(H3,8,9,10);1-5H,6H2;2*1H. The Hall–Kier alpha value is -4.95. The van der Waals surface area contributed by atoms with E-state index in [0.29, 0.717) is 18.4 Å². The van der Waals surface area contributed by atoms with Crippen LogP contribution in [0.2, 0.25) is 0 Å². The topological polar surface area (TPSA) is 189 Å². The van der Waals surface area contributed by atoms with Crippen LogP contribution in [-0.2, 0) is 32.4 Å². The van der Waals surface area contributed by atoms with E-state index in [1.165, 1.54) is 5.56 Å². The lowest BCUT2D eigenvalue weighted by Gasteiger charge is -1.99. The fourth-order valence-electron chi connectivity index (χ4n) is 3.47. The summed E-state index contributed by atoms with van der Waals surface area (Å²) in [5, 5.41) is 11.7. The van der Waals surface area contributed by atoms with Gasteiger partial charge in [0.15, 0.2) is 11.9 Å². The summed E-state index contributed by atoms with van der Waals surface area (Å²) in [6, 6.07) is 19.8. The summed E-state index contributed by atoms with van der Waals surface area (Å²) in [5.74, 6) is 3.44. The quantitative estimate of drug-likeness (QED) is 0.0757. The van der Waals surface area contributed by atoms with Crippen LogP contribution in [0.1, 0.15) is 34.6 Å². The molecule has 12 nitrogen and oxygen atoms in total. The minimum atomic E-state index is 0. The number of terminal acetylenes is 1. The largest absolute Gasteiger partial charge is 0.369 e. The van der Waals surface area contributed by atoms with E-state index in [0.717, 1.165) is 54.9 Å². The van der Waals surface area contributed by atoms with Crippen molar-refractivity contribution in [3.63, 3.8) is 0 Å². The average molecular weight is 610 g/mol. The van der Waals surface area contributed by atoms with Crippen LogP contribution in [0.3, 0.4) is 0 Å². The summed E-state index contributed by atoms with van der Waals surface area (Å²) >= 11 is 0. The van der Waals surface area contributed by atoms with Crippen molar-refractivity contribution >= 4 is 36.7 Å². The number of hydrogen-bond donors (Lipinski definition) is 4. The maximum atomic E-state index is 7.99. The van der Waals surface area contributed by atoms with Crippen molar-refractivity contribution in [2.24, 2.45) is 5.11 Å². The molecule has 14 heteroatoms. The summed E-state index contributed by atoms with van der Waals surface area (Å²) in [5.41, 5.74) is 24.1. The minimum Gasteiger partial charge on any atom is -0.369 e. The molecule has 6 N–H and O–H groups in total. The molecule has 3 aromatic heterocycles. The highest BCUT2D eigenvalue weighted by Crippen LogP contribution is 2.06. The first-order valence-corrected chi connectivity index (χ1v) is 12.6. The maximum absolute atomic E-state index is 7.99. The number of azide groups is 1. The molecule has 220 valence electrons. The van der Waals surface area contributed by atoms with Crippen molar-refractivity contribution in [2.45, 2.75) is 38.8 Å². The molecule has 0 amide bonds. The van der Waals surface area contributed by atoms with Gasteiger partial charge in [0.2, 0.25) is 0 Å². The van der Waals surface area contributed by atoms with Crippen LogP contribution < -0.4 is 11.5 Å². The predicted octanol–water partition coefficient (Wildman–Crippen LogP) is 5.32. The summed E-state index contributed by atoms with van der Waals surface area (Å²) in [4.78, 5) is 16.3. The van der Waals surface area contributed by atoms with E-state index < -0.39 is 0 Å². The molecule has 5 rings (SSSR count). The van der Waals surface area contributed by atoms with Gasteiger partial charge in [-0.05, 0) is 29.5 Å². The monoisotopic (exact) mass is 608 g/mol. The first-order valence-electron chi connectivity index (χ1n) is 12.6. The molecule has 0 spiro atoms. The first-order chi connectivity index (χ1) is 19.6. The molecular formula is C28H34Cl2N12. The highest BCUT2D eigenvalue weighted by molar-refractivity contribution is 5.85. The molecule has 0 bridgehead atoms. The van der Waals surface area contributed by atoms with Crippen LogP contribution in [-0.4, -0.2) is 34.9 Å². The summed E-state index contributed by atoms with van der Waals surface area (Å²) < 4.78 is 1.85. The Labute approximate surface area is 256 Å². The number of rotatable bonds is 9. The molecule has 3 heterocycles. The maximum Gasteiger partial charge on any atom is 0.197 e. The van der Waals surface area contributed by atoms with E-state index in [2.05, 4.69) is 58.3 Å². The minimum absolute atomic E-state index is 0. The Morgan fingerprint density at radius 3 is 1.95 bits per heavy atom. The third-order valence-corrected chi connectivity index (χ3v) is 5.42. The number of benzene rings is 2. The van der Waals surface area contributed by atoms with E-state index in [9.17, 15) is 0 Å². The second-order valence-corrected chi connectivity index (χ2v) is 8.56. The van der Waals surface area contributed by atoms with Gasteiger partial charge in [0.25, 0.3) is 0 Å². The van der Waals surface area contributed by atoms with Crippen molar-refractivity contribution < 1.29 is 0 Å². The van der Waals surface area contributed by atoms with Gasteiger partial charge in [-0.2, -0.15) is 0 Å². The second kappa shape index (κ2) is 20.0. The number of nitrogens with two attached hydrogens (primary N) is 2. The predicted molar refractivity (Wildman–Crippen MR) is 170 cm³/mol. The fourth-order valence-corrected chi connectivity index (χ4v) is 3.47. The van der Waals surface area contributed by atoms with Gasteiger partial charge in [-0.25, -0.2) is 14.6 Å². The van der Waals surface area contributed by atoms with Crippen LogP contribution >= 0.6 is 24.8 Å². The molecule has 0 saturated carbocycles. The number of nitrogens with one attached hydrogen (secondary N) is 2. The van der Waals surface area contributed by atoms with Gasteiger partial charge in [-0.15, -0.1) is 42.3 Å². The molecule has 2 aromatic carbocycles. The first kappa shape index (κ1) is 35.1.